The van der Waals surface area contributed by atoms with Crippen LogP contribution in [0.3, 0.4) is 0 Å². The molecule has 1 aromatic carbocycles. The molecule has 2 aliphatic rings. The van der Waals surface area contributed by atoms with E-state index in [0.29, 0.717) is 12.1 Å². The van der Waals surface area contributed by atoms with Gasteiger partial charge in [0, 0.05) is 19.3 Å². The number of fused-ring (bicyclic) bond motifs is 2. The summed E-state index contributed by atoms with van der Waals surface area (Å²) in [6.45, 7) is 2.76. The molecular formula is C23H28N4O. The van der Waals surface area contributed by atoms with Crippen LogP contribution >= 0.6 is 0 Å². The number of imidazole rings is 1. The maximum absolute atomic E-state index is 5.89. The first-order valence-electron chi connectivity index (χ1n) is 10.6. The van der Waals surface area contributed by atoms with E-state index in [2.05, 4.69) is 40.2 Å². The van der Waals surface area contributed by atoms with Crippen molar-refractivity contribution in [2.45, 2.75) is 57.2 Å². The number of nitrogens with one attached hydrogen (secondary N) is 1. The predicted molar refractivity (Wildman–Crippen MR) is 110 cm³/mol. The first-order valence-corrected chi connectivity index (χ1v) is 10.6. The summed E-state index contributed by atoms with van der Waals surface area (Å²) in [5.74, 6) is 1.04. The molecular weight excluding hydrogens is 348 g/mol. The van der Waals surface area contributed by atoms with Crippen LogP contribution in [0.1, 0.15) is 55.2 Å². The predicted octanol–water partition coefficient (Wildman–Crippen LogP) is 4.41. The van der Waals surface area contributed by atoms with Gasteiger partial charge in [-0.1, -0.05) is 18.2 Å². The van der Waals surface area contributed by atoms with Crippen molar-refractivity contribution < 1.29 is 4.74 Å². The summed E-state index contributed by atoms with van der Waals surface area (Å²) < 4.78 is 5.89. The maximum Gasteiger partial charge on any atom is 0.121 e. The van der Waals surface area contributed by atoms with Gasteiger partial charge in [0.15, 0.2) is 0 Å². The zero-order chi connectivity index (χ0) is 18.8. The molecule has 0 bridgehead atoms. The molecule has 5 nitrogen and oxygen atoms in total. The van der Waals surface area contributed by atoms with E-state index in [1.165, 1.54) is 30.5 Å². The topological polar surface area (TPSA) is 54.0 Å². The summed E-state index contributed by atoms with van der Waals surface area (Å²) in [6.07, 6.45) is 9.35. The van der Waals surface area contributed by atoms with Gasteiger partial charge in [0.25, 0.3) is 0 Å². The molecule has 1 N–H and O–H groups in total. The van der Waals surface area contributed by atoms with Gasteiger partial charge < -0.3 is 9.72 Å². The number of rotatable bonds is 6. The van der Waals surface area contributed by atoms with Crippen LogP contribution in [0.15, 0.2) is 42.6 Å². The number of benzene rings is 1. The van der Waals surface area contributed by atoms with Crippen LogP contribution in [0, 0.1) is 0 Å². The molecule has 0 radical (unpaired) electrons. The lowest BCUT2D eigenvalue weighted by Crippen LogP contribution is -2.34. The third kappa shape index (κ3) is 3.69. The Balaban J connectivity index is 1.41. The second-order valence-electron chi connectivity index (χ2n) is 8.05. The Morgan fingerprint density at radius 1 is 1.11 bits per heavy atom. The molecule has 2 aromatic heterocycles. The van der Waals surface area contributed by atoms with Crippen molar-refractivity contribution >= 4 is 11.0 Å². The minimum atomic E-state index is 0.361. The molecule has 2 atom stereocenters. The first kappa shape index (κ1) is 17.8. The number of hydrogen-bond acceptors (Lipinski definition) is 4. The molecule has 3 heterocycles. The standard InChI is InChI=1S/C23H28N4O/c1-2-10-20-19(9-1)25-22(26-20)16-27(14-12-18-8-5-15-28-18)21-11-3-6-17-7-4-13-24-23(17)21/h1-2,4,7,9-10,13,18,21H,3,5-6,8,11-12,14-16H2,(H,25,26)/t18?,21-/m0/s1. The number of nitrogens with zero attached hydrogens (tertiary/aromatic N) is 3. The van der Waals surface area contributed by atoms with Crippen LogP contribution in [0.25, 0.3) is 11.0 Å². The Labute approximate surface area is 166 Å². The Hall–Kier alpha value is -2.24. The number of pyridine rings is 1. The number of aryl methyl sites for hydroxylation is 1. The van der Waals surface area contributed by atoms with Gasteiger partial charge in [-0.15, -0.1) is 0 Å². The highest BCUT2D eigenvalue weighted by molar-refractivity contribution is 5.74. The Bertz CT molecular complexity index is 898. The number of H-pyrrole nitrogens is 1. The highest BCUT2D eigenvalue weighted by atomic mass is 16.5. The quantitative estimate of drug-likeness (QED) is 0.692. The smallest absolute Gasteiger partial charge is 0.121 e. The van der Waals surface area contributed by atoms with Crippen LogP contribution in [0.5, 0.6) is 0 Å². The molecule has 1 aliphatic carbocycles. The fraction of sp³-hybridized carbons (Fsp3) is 0.478. The Morgan fingerprint density at radius 2 is 2.07 bits per heavy atom. The van der Waals surface area contributed by atoms with E-state index in [4.69, 9.17) is 14.7 Å². The largest absolute Gasteiger partial charge is 0.378 e. The molecule has 1 unspecified atom stereocenters. The Kier molecular flexibility index (Phi) is 5.10. The molecule has 5 heteroatoms. The zero-order valence-electron chi connectivity index (χ0n) is 16.3. The molecule has 1 aliphatic heterocycles. The average Bonchev–Trinajstić information content (AvgIpc) is 3.40. The van der Waals surface area contributed by atoms with Crippen molar-refractivity contribution in [1.82, 2.24) is 19.9 Å². The first-order chi connectivity index (χ1) is 13.9. The van der Waals surface area contributed by atoms with Crippen LogP contribution < -0.4 is 0 Å². The Morgan fingerprint density at radius 3 is 2.96 bits per heavy atom. The number of aromatic nitrogens is 3. The van der Waals surface area contributed by atoms with Gasteiger partial charge in [0.2, 0.25) is 0 Å². The third-order valence-electron chi connectivity index (χ3n) is 6.16. The van der Waals surface area contributed by atoms with Gasteiger partial charge in [-0.2, -0.15) is 0 Å². The number of para-hydroxylation sites is 2. The van der Waals surface area contributed by atoms with E-state index in [-0.39, 0.29) is 0 Å². The van der Waals surface area contributed by atoms with Crippen LogP contribution in [-0.4, -0.2) is 39.1 Å². The van der Waals surface area contributed by atoms with Gasteiger partial charge in [-0.05, 0) is 62.3 Å². The normalized spacial score (nSPS) is 22.0. The molecule has 1 fully saturated rings. The molecule has 28 heavy (non-hydrogen) atoms. The van der Waals surface area contributed by atoms with Crippen molar-refractivity contribution in [3.8, 4) is 0 Å². The van der Waals surface area contributed by atoms with Gasteiger partial charge in [-0.25, -0.2) is 4.98 Å². The number of aromatic amines is 1. The molecule has 146 valence electrons. The summed E-state index contributed by atoms with van der Waals surface area (Å²) in [4.78, 5) is 15.7. The second-order valence-corrected chi connectivity index (χ2v) is 8.05. The summed E-state index contributed by atoms with van der Waals surface area (Å²) >= 11 is 0. The van der Waals surface area contributed by atoms with Crippen molar-refractivity contribution in [3.63, 3.8) is 0 Å². The summed E-state index contributed by atoms with van der Waals surface area (Å²) in [5, 5.41) is 0. The van der Waals surface area contributed by atoms with Gasteiger partial charge in [0.05, 0.1) is 35.4 Å². The SMILES string of the molecule is c1cnc2c(c1)CCC[C@@H]2N(CCC1CCCO1)Cc1nc2ccccc2[nH]1. The van der Waals surface area contributed by atoms with Crippen molar-refractivity contribution in [3.05, 3.63) is 59.7 Å². The zero-order valence-corrected chi connectivity index (χ0v) is 16.3. The van der Waals surface area contributed by atoms with E-state index < -0.39 is 0 Å². The molecule has 3 aromatic rings. The minimum Gasteiger partial charge on any atom is -0.378 e. The molecule has 5 rings (SSSR count). The second kappa shape index (κ2) is 8.02. The lowest BCUT2D eigenvalue weighted by molar-refractivity contribution is 0.0776. The highest BCUT2D eigenvalue weighted by Gasteiger charge is 2.29. The van der Waals surface area contributed by atoms with Crippen LogP contribution in [0.2, 0.25) is 0 Å². The fourth-order valence-electron chi connectivity index (χ4n) is 4.74. The van der Waals surface area contributed by atoms with Gasteiger partial charge in [0.1, 0.15) is 5.82 Å². The third-order valence-corrected chi connectivity index (χ3v) is 6.16. The van der Waals surface area contributed by atoms with E-state index >= 15 is 0 Å². The number of hydrogen-bond donors (Lipinski definition) is 1. The molecule has 1 saturated heterocycles. The van der Waals surface area contributed by atoms with E-state index in [9.17, 15) is 0 Å². The van der Waals surface area contributed by atoms with E-state index in [0.717, 1.165) is 55.8 Å². The summed E-state index contributed by atoms with van der Waals surface area (Å²) in [7, 11) is 0. The number of ether oxygens (including phenoxy) is 1. The van der Waals surface area contributed by atoms with E-state index in [1.54, 1.807) is 0 Å². The van der Waals surface area contributed by atoms with Crippen LogP contribution in [0.4, 0.5) is 0 Å². The van der Waals surface area contributed by atoms with E-state index in [1.807, 2.05) is 12.3 Å². The monoisotopic (exact) mass is 376 g/mol. The van der Waals surface area contributed by atoms with Gasteiger partial charge >= 0.3 is 0 Å². The van der Waals surface area contributed by atoms with Gasteiger partial charge in [-0.3, -0.25) is 9.88 Å². The molecule has 0 amide bonds. The van der Waals surface area contributed by atoms with Crippen molar-refractivity contribution in [2.75, 3.05) is 13.2 Å². The molecule has 0 spiro atoms. The molecule has 0 saturated carbocycles. The highest BCUT2D eigenvalue weighted by Crippen LogP contribution is 2.34. The lowest BCUT2D eigenvalue weighted by Gasteiger charge is -2.35. The van der Waals surface area contributed by atoms with Crippen molar-refractivity contribution in [1.29, 1.82) is 0 Å². The van der Waals surface area contributed by atoms with Crippen LogP contribution in [-0.2, 0) is 17.7 Å². The minimum absolute atomic E-state index is 0.361. The summed E-state index contributed by atoms with van der Waals surface area (Å²) in [5.41, 5.74) is 4.82. The summed E-state index contributed by atoms with van der Waals surface area (Å²) in [6, 6.07) is 12.9. The fourth-order valence-corrected chi connectivity index (χ4v) is 4.74. The lowest BCUT2D eigenvalue weighted by atomic mass is 9.90. The van der Waals surface area contributed by atoms with Crippen molar-refractivity contribution in [2.24, 2.45) is 0 Å². The maximum atomic E-state index is 5.89. The average molecular weight is 377 g/mol.